The van der Waals surface area contributed by atoms with Crippen molar-refractivity contribution in [1.29, 1.82) is 5.26 Å². The summed E-state index contributed by atoms with van der Waals surface area (Å²) >= 11 is 5.90. The Kier molecular flexibility index (Phi) is 32.8. The number of nitrogens with two attached hydrogens (primary N) is 9. The zero-order chi connectivity index (χ0) is 84.4. The number of aromatic nitrogens is 16. The number of carbonyl (C=O) groups is 2. The van der Waals surface area contributed by atoms with Gasteiger partial charge in [-0.05, 0) is 6.92 Å². The summed E-state index contributed by atoms with van der Waals surface area (Å²) in [4.78, 5) is 84.0. The number of rotatable bonds is 2. The van der Waals surface area contributed by atoms with E-state index in [1.165, 1.54) is 31.7 Å². The van der Waals surface area contributed by atoms with E-state index in [0.717, 1.165) is 30.0 Å². The molecule has 8 rings (SSSR count). The Balaban J connectivity index is 0.000000618. The van der Waals surface area contributed by atoms with E-state index in [9.17, 15) is 40.3 Å². The van der Waals surface area contributed by atoms with E-state index in [1.807, 2.05) is 151 Å². The van der Waals surface area contributed by atoms with Gasteiger partial charge in [-0.15, -0.1) is 0 Å². The van der Waals surface area contributed by atoms with Gasteiger partial charge in [0.2, 0.25) is 41.6 Å². The molecule has 0 saturated heterocycles. The third kappa shape index (κ3) is 31.4. The average Bonchev–Trinajstić information content (AvgIpc) is 0.804. The molecule has 0 bridgehead atoms. The summed E-state index contributed by atoms with van der Waals surface area (Å²) in [7, 11) is 1.57. The Morgan fingerprint density at radius 3 is 1.11 bits per heavy atom. The number of anilines is 8. The van der Waals surface area contributed by atoms with Gasteiger partial charge in [-0.25, -0.2) is 79.2 Å². The molecule has 0 unspecified atom stereocenters. The van der Waals surface area contributed by atoms with Gasteiger partial charge in [0, 0.05) is 81.2 Å². The largest absolute Gasteiger partial charge is 0.419 e. The molecule has 0 aliphatic heterocycles. The number of amides is 2. The molecule has 8 aromatic rings. The Hall–Kier alpha value is -10.7. The van der Waals surface area contributed by atoms with E-state index in [0.29, 0.717) is 56.1 Å². The number of nitrogen functional groups attached to an aromatic ring is 8. The maximum Gasteiger partial charge on any atom is 0.419 e. The normalized spacial score (nSPS) is 11.8. The molecule has 0 fully saturated rings. The SMILES string of the molecule is CC(C)(C)c1cc(N)nc(N)n1.CC(C)(C)c1nc(N)ncc1C#N.CC(C)(C)c1nc(N)ncc1C(F)(F)F.CC(C)(C)c1nc(N)ncc1C(N)=O.CC(C)(C)c1nc(N)ncc1Cl.CC(C)(C)c1nc(N)ncc1F.CNC(=O)c1cnc(N)nc1C(C)(C)C.Cc1nc(C(C)(C)C)ncc1C(F)(F)F. The molecule has 19 N–H and O–H groups in total. The van der Waals surface area contributed by atoms with Crippen molar-refractivity contribution >= 4 is 70.9 Å². The number of primary amides is 1. The van der Waals surface area contributed by atoms with Gasteiger partial charge in [0.15, 0.2) is 5.82 Å². The third-order valence-corrected chi connectivity index (χ3v) is 13.9. The molecule has 0 aliphatic rings. The minimum atomic E-state index is -4.45. The minimum Gasteiger partial charge on any atom is -0.384 e. The first-order valence-corrected chi connectivity index (χ1v) is 33.4. The fourth-order valence-electron chi connectivity index (χ4n) is 8.43. The summed E-state index contributed by atoms with van der Waals surface area (Å²) in [5.74, 6) is 0.738. The monoisotopic (exact) mass is 1540 g/mol. The fourth-order valence-corrected chi connectivity index (χ4v) is 8.80. The summed E-state index contributed by atoms with van der Waals surface area (Å²) in [5, 5.41) is 11.9. The molecular formula is C71H105ClF7N27O2. The number of alkyl halides is 6. The van der Waals surface area contributed by atoms with Crippen molar-refractivity contribution < 1.29 is 40.3 Å². The molecular weight excluding hydrogens is 1430 g/mol. The number of hydrogen-bond donors (Lipinski definition) is 10. The van der Waals surface area contributed by atoms with Crippen LogP contribution in [-0.4, -0.2) is 98.6 Å². The first-order chi connectivity index (χ1) is 48.6. The van der Waals surface area contributed by atoms with Gasteiger partial charge in [0.05, 0.1) is 97.0 Å². The highest BCUT2D eigenvalue weighted by Gasteiger charge is 2.39. The number of nitriles is 1. The van der Waals surface area contributed by atoms with Gasteiger partial charge in [-0.3, -0.25) is 9.59 Å². The predicted octanol–water partition coefficient (Wildman–Crippen LogP) is 12.3. The Morgan fingerprint density at radius 2 is 0.759 bits per heavy atom. The quantitative estimate of drug-likeness (QED) is 0.0719. The summed E-state index contributed by atoms with van der Waals surface area (Å²) in [6.07, 6.45) is -0.327. The van der Waals surface area contributed by atoms with Crippen LogP contribution in [-0.2, 0) is 55.7 Å². The van der Waals surface area contributed by atoms with Gasteiger partial charge < -0.3 is 56.9 Å². The molecule has 2 amide bonds. The molecule has 0 aromatic carbocycles. The maximum absolute atomic E-state index is 13.1. The topological polar surface area (TPSA) is 510 Å². The highest BCUT2D eigenvalue weighted by molar-refractivity contribution is 6.31. The number of carbonyl (C=O) groups excluding carboxylic acids is 2. The van der Waals surface area contributed by atoms with Crippen LogP contribution in [0.25, 0.3) is 0 Å². The first-order valence-electron chi connectivity index (χ1n) is 33.0. The lowest BCUT2D eigenvalue weighted by Crippen LogP contribution is -2.26. The molecule has 0 spiro atoms. The smallest absolute Gasteiger partial charge is 0.384 e. The summed E-state index contributed by atoms with van der Waals surface area (Å²) < 4.78 is 88.0. The highest BCUT2D eigenvalue weighted by Crippen LogP contribution is 2.37. The number of halogens is 8. The standard InChI is InChI=1S/C10H13F3N2.C10H16N4O.C9H12F3N3.C9H14N4O.C9H12N4.C8H12ClN3.C8H12FN3.C8H14N4/c1-6-7(10(11,12)13)5-14-8(15-6)9(2,3)4;1-10(2,3)7-6(8(15)12-4)5-13-9(11)14-7;1-8(2,3)6-5(9(10,11)12)4-14-7(13)15-6;1-9(2,3)6-5(7(10)14)4-12-8(11)13-6;1-9(2,3)7-6(4-10)5-12-8(11)13-7;2*1-8(2,3)6-5(9)4-11-7(10)12-6;1-8(2,3)5-4-6(9)12-7(10)11-5/h5H,1-4H3;5H,1-4H3,(H,12,15)(H2,11,13,14);4H,1-3H3,(H2,13,14,15);4H,1-3H3,(H2,10,14)(H2,11,12,13);5H,1-3H3,(H2,11,12,13);2*4H,1-3H3,(H2,10,11,12);4H,1-3H3,(H4,9,10,11,12). The molecule has 592 valence electrons. The number of hydrogen-bond acceptors (Lipinski definition) is 27. The lowest BCUT2D eigenvalue weighted by molar-refractivity contribution is -0.139. The minimum absolute atomic E-state index is 0.0255. The second-order valence-corrected chi connectivity index (χ2v) is 32.5. The van der Waals surface area contributed by atoms with Crippen molar-refractivity contribution in [2.75, 3.05) is 52.9 Å². The number of nitrogens with zero attached hydrogens (tertiary/aromatic N) is 17. The molecule has 0 aliphatic carbocycles. The van der Waals surface area contributed by atoms with Crippen molar-refractivity contribution in [3.05, 3.63) is 139 Å². The van der Waals surface area contributed by atoms with E-state index in [-0.39, 0.29) is 96.8 Å². The van der Waals surface area contributed by atoms with Crippen LogP contribution in [0, 0.1) is 24.1 Å². The fraction of sp³-hybridized carbons (Fsp3) is 0.507. The van der Waals surface area contributed by atoms with E-state index in [2.05, 4.69) is 85.1 Å². The molecule has 8 aromatic heterocycles. The van der Waals surface area contributed by atoms with Gasteiger partial charge in [0.25, 0.3) is 11.8 Å². The Labute approximate surface area is 631 Å². The van der Waals surface area contributed by atoms with E-state index in [4.69, 9.17) is 68.5 Å². The van der Waals surface area contributed by atoms with Crippen molar-refractivity contribution in [2.45, 2.75) is 229 Å². The van der Waals surface area contributed by atoms with Gasteiger partial charge in [0.1, 0.15) is 17.7 Å². The van der Waals surface area contributed by atoms with Crippen molar-refractivity contribution in [2.24, 2.45) is 5.73 Å². The van der Waals surface area contributed by atoms with Crippen LogP contribution in [0.4, 0.5) is 78.2 Å². The molecule has 108 heavy (non-hydrogen) atoms. The molecule has 0 radical (unpaired) electrons. The van der Waals surface area contributed by atoms with Crippen molar-refractivity contribution in [1.82, 2.24) is 85.1 Å². The van der Waals surface area contributed by atoms with Crippen LogP contribution in [0.2, 0.25) is 5.02 Å². The lowest BCUT2D eigenvalue weighted by Gasteiger charge is -2.22. The Morgan fingerprint density at radius 1 is 0.407 bits per heavy atom. The second-order valence-electron chi connectivity index (χ2n) is 32.1. The number of aryl methyl sites for hydroxylation is 1. The molecule has 29 nitrogen and oxygen atoms in total. The molecule has 0 saturated carbocycles. The number of nitrogens with one attached hydrogen (secondary N) is 1. The predicted molar refractivity (Wildman–Crippen MR) is 407 cm³/mol. The van der Waals surface area contributed by atoms with Gasteiger partial charge in [-0.2, -0.15) is 36.6 Å². The second kappa shape index (κ2) is 37.2. The van der Waals surface area contributed by atoms with E-state index >= 15 is 0 Å². The molecule has 37 heteroatoms. The summed E-state index contributed by atoms with van der Waals surface area (Å²) in [5.41, 5.74) is 50.0. The van der Waals surface area contributed by atoms with Crippen molar-refractivity contribution in [3.8, 4) is 6.07 Å². The summed E-state index contributed by atoms with van der Waals surface area (Å²) in [6.45, 7) is 47.4. The lowest BCUT2D eigenvalue weighted by atomic mass is 9.88. The van der Waals surface area contributed by atoms with Gasteiger partial charge >= 0.3 is 12.4 Å². The van der Waals surface area contributed by atoms with E-state index < -0.39 is 40.6 Å². The molecule has 0 atom stereocenters. The van der Waals surface area contributed by atoms with Crippen molar-refractivity contribution in [3.63, 3.8) is 0 Å². The zero-order valence-electron chi connectivity index (χ0n) is 66.3. The van der Waals surface area contributed by atoms with Crippen LogP contribution < -0.4 is 56.9 Å². The Bertz CT molecular complexity index is 4300. The third-order valence-electron chi connectivity index (χ3n) is 13.7. The van der Waals surface area contributed by atoms with Crippen LogP contribution in [0.3, 0.4) is 0 Å². The highest BCUT2D eigenvalue weighted by atomic mass is 35.5. The van der Waals surface area contributed by atoms with Gasteiger partial charge in [-0.1, -0.05) is 178 Å². The first kappa shape index (κ1) is 95.3. The molecule has 8 heterocycles. The van der Waals surface area contributed by atoms with Crippen LogP contribution in [0.5, 0.6) is 0 Å². The summed E-state index contributed by atoms with van der Waals surface area (Å²) in [6, 6.07) is 3.80. The average molecular weight is 1540 g/mol. The van der Waals surface area contributed by atoms with E-state index in [1.54, 1.807) is 33.9 Å². The van der Waals surface area contributed by atoms with Crippen LogP contribution in [0.15, 0.2) is 49.4 Å². The maximum atomic E-state index is 13.1. The zero-order valence-corrected chi connectivity index (χ0v) is 67.0. The van der Waals surface area contributed by atoms with Crippen LogP contribution in [0.1, 0.15) is 255 Å². The van der Waals surface area contributed by atoms with Crippen LogP contribution >= 0.6 is 11.6 Å².